The Morgan fingerprint density at radius 2 is 1.06 bits per heavy atom. The number of hydrogen-bond donors (Lipinski definition) is 0. The van der Waals surface area contributed by atoms with E-state index in [2.05, 4.69) is 50.2 Å². The van der Waals surface area contributed by atoms with E-state index < -0.39 is 0 Å². The number of epoxide rings is 4. The van der Waals surface area contributed by atoms with Crippen LogP contribution in [0.4, 0.5) is 0 Å². The molecule has 4 aliphatic heterocycles. The van der Waals surface area contributed by atoms with Gasteiger partial charge in [-0.2, -0.15) is 0 Å². The molecule has 0 aromatic heterocycles. The van der Waals surface area contributed by atoms with Gasteiger partial charge in [-0.1, -0.05) is 38.1 Å². The molecule has 6 nitrogen and oxygen atoms in total. The van der Waals surface area contributed by atoms with Gasteiger partial charge in [0.15, 0.2) is 0 Å². The van der Waals surface area contributed by atoms with Crippen LogP contribution in [0.5, 0.6) is 11.5 Å². The van der Waals surface area contributed by atoms with Crippen LogP contribution in [0, 0.1) is 0 Å². The van der Waals surface area contributed by atoms with Crippen molar-refractivity contribution >= 4 is 0 Å². The third-order valence-electron chi connectivity index (χ3n) is 6.92. The van der Waals surface area contributed by atoms with E-state index in [0.717, 1.165) is 50.8 Å². The first kappa shape index (κ1) is 21.4. The van der Waals surface area contributed by atoms with Gasteiger partial charge in [0.25, 0.3) is 0 Å². The summed E-state index contributed by atoms with van der Waals surface area (Å²) < 4.78 is 33.8. The van der Waals surface area contributed by atoms with Gasteiger partial charge in [-0.15, -0.1) is 0 Å². The van der Waals surface area contributed by atoms with Crippen molar-refractivity contribution in [3.63, 3.8) is 0 Å². The second-order valence-electron chi connectivity index (χ2n) is 10.1. The lowest BCUT2D eigenvalue weighted by Gasteiger charge is -2.28. The topological polar surface area (TPSA) is 68.6 Å². The molecule has 4 aliphatic rings. The zero-order valence-corrected chi connectivity index (χ0v) is 19.4. The van der Waals surface area contributed by atoms with Crippen LogP contribution in [-0.2, 0) is 37.2 Å². The minimum Gasteiger partial charge on any atom is -0.491 e. The van der Waals surface area contributed by atoms with Gasteiger partial charge in [0, 0.05) is 18.3 Å². The number of rotatable bonds is 12. The first-order valence-corrected chi connectivity index (χ1v) is 12.0. The molecule has 33 heavy (non-hydrogen) atoms. The maximum Gasteiger partial charge on any atom is 0.122 e. The molecule has 6 heteroatoms. The first-order valence-electron chi connectivity index (χ1n) is 12.0. The first-order chi connectivity index (χ1) is 16.0. The van der Waals surface area contributed by atoms with Crippen molar-refractivity contribution in [3.8, 4) is 11.5 Å². The molecule has 4 atom stereocenters. The Bertz CT molecular complexity index is 922. The van der Waals surface area contributed by atoms with Gasteiger partial charge in [0.2, 0.25) is 0 Å². The smallest absolute Gasteiger partial charge is 0.122 e. The Kier molecular flexibility index (Phi) is 5.57. The summed E-state index contributed by atoms with van der Waals surface area (Å²) >= 11 is 0. The molecule has 0 amide bonds. The van der Waals surface area contributed by atoms with E-state index in [1.807, 2.05) is 0 Å². The molecule has 0 aliphatic carbocycles. The molecule has 0 saturated carbocycles. The minimum atomic E-state index is -0.172. The summed E-state index contributed by atoms with van der Waals surface area (Å²) in [5.41, 5.74) is 4.78. The summed E-state index contributed by atoms with van der Waals surface area (Å²) in [6.45, 7) is 9.05. The molecule has 176 valence electrons. The van der Waals surface area contributed by atoms with Crippen LogP contribution in [0.25, 0.3) is 0 Å². The largest absolute Gasteiger partial charge is 0.491 e. The molecular formula is C27H32O6. The van der Waals surface area contributed by atoms with Gasteiger partial charge in [0.05, 0.1) is 38.6 Å². The maximum absolute atomic E-state index is 6.08. The standard InChI is InChI=1S/C27H32O6/c1-27(2,19-3-5-25(32-15-23-13-30-23)17(7-19)9-21-11-28-21)20-4-6-26(33-16-24-14-31-24)18(8-20)10-22-12-29-22/h3-8,21-24H,9-16H2,1-2H3. The lowest BCUT2D eigenvalue weighted by Crippen LogP contribution is -2.20. The summed E-state index contributed by atoms with van der Waals surface area (Å²) in [7, 11) is 0. The van der Waals surface area contributed by atoms with Crippen LogP contribution in [0.2, 0.25) is 0 Å². The molecule has 6 rings (SSSR count). The van der Waals surface area contributed by atoms with E-state index in [0.29, 0.717) is 25.4 Å². The van der Waals surface area contributed by atoms with E-state index in [1.54, 1.807) is 0 Å². The highest BCUT2D eigenvalue weighted by atomic mass is 16.6. The Hall–Kier alpha value is -2.12. The third kappa shape index (κ3) is 5.35. The maximum atomic E-state index is 6.08. The molecule has 4 heterocycles. The van der Waals surface area contributed by atoms with Gasteiger partial charge in [0.1, 0.15) is 36.9 Å². The SMILES string of the molecule is CC(C)(c1ccc(OCC2CO2)c(CC2CO2)c1)c1ccc(OCC2CO2)c(CC2CO2)c1. The highest BCUT2D eigenvalue weighted by Crippen LogP contribution is 2.38. The van der Waals surface area contributed by atoms with Gasteiger partial charge in [-0.25, -0.2) is 0 Å². The van der Waals surface area contributed by atoms with Gasteiger partial charge in [-0.05, 0) is 34.4 Å². The van der Waals surface area contributed by atoms with Crippen molar-refractivity contribution in [2.45, 2.75) is 56.5 Å². The quantitative estimate of drug-likeness (QED) is 0.460. The normalized spacial score (nSPS) is 27.2. The second-order valence-corrected chi connectivity index (χ2v) is 10.1. The van der Waals surface area contributed by atoms with Crippen LogP contribution in [0.1, 0.15) is 36.1 Å². The van der Waals surface area contributed by atoms with Crippen molar-refractivity contribution < 1.29 is 28.4 Å². The monoisotopic (exact) mass is 452 g/mol. The molecule has 4 unspecified atom stereocenters. The molecule has 4 saturated heterocycles. The fourth-order valence-corrected chi connectivity index (χ4v) is 4.26. The van der Waals surface area contributed by atoms with Crippen molar-refractivity contribution in [2.24, 2.45) is 0 Å². The predicted octanol–water partition coefficient (Wildman–Crippen LogP) is 3.45. The average Bonchev–Trinajstić information content (AvgIpc) is 3.61. The van der Waals surface area contributed by atoms with Crippen LogP contribution < -0.4 is 9.47 Å². The van der Waals surface area contributed by atoms with Crippen LogP contribution in [0.3, 0.4) is 0 Å². The van der Waals surface area contributed by atoms with E-state index in [9.17, 15) is 0 Å². The van der Waals surface area contributed by atoms with E-state index in [-0.39, 0.29) is 17.6 Å². The molecule has 0 spiro atoms. The number of benzene rings is 2. The lowest BCUT2D eigenvalue weighted by molar-refractivity contribution is 0.260. The lowest BCUT2D eigenvalue weighted by atomic mass is 9.76. The molecule has 0 N–H and O–H groups in total. The molecule has 4 fully saturated rings. The summed E-state index contributed by atoms with van der Waals surface area (Å²) in [5, 5.41) is 0. The molecular weight excluding hydrogens is 420 g/mol. The zero-order valence-electron chi connectivity index (χ0n) is 19.4. The Balaban J connectivity index is 1.26. The van der Waals surface area contributed by atoms with E-state index >= 15 is 0 Å². The van der Waals surface area contributed by atoms with Crippen LogP contribution in [-0.4, -0.2) is 64.1 Å². The fourth-order valence-electron chi connectivity index (χ4n) is 4.26. The minimum absolute atomic E-state index is 0.172. The molecule has 2 aromatic rings. The van der Waals surface area contributed by atoms with Crippen LogP contribution >= 0.6 is 0 Å². The Labute approximate surface area is 195 Å². The third-order valence-corrected chi connectivity index (χ3v) is 6.92. The summed E-state index contributed by atoms with van der Waals surface area (Å²) in [6, 6.07) is 13.2. The Morgan fingerprint density at radius 3 is 1.42 bits per heavy atom. The number of ether oxygens (including phenoxy) is 6. The average molecular weight is 453 g/mol. The predicted molar refractivity (Wildman–Crippen MR) is 122 cm³/mol. The Morgan fingerprint density at radius 1 is 0.667 bits per heavy atom. The van der Waals surface area contributed by atoms with Crippen molar-refractivity contribution in [1.29, 1.82) is 0 Å². The summed E-state index contributed by atoms with van der Waals surface area (Å²) in [6.07, 6.45) is 2.86. The van der Waals surface area contributed by atoms with E-state index in [4.69, 9.17) is 28.4 Å². The van der Waals surface area contributed by atoms with Gasteiger partial charge >= 0.3 is 0 Å². The van der Waals surface area contributed by atoms with Crippen LogP contribution in [0.15, 0.2) is 36.4 Å². The number of hydrogen-bond acceptors (Lipinski definition) is 6. The highest BCUT2D eigenvalue weighted by molar-refractivity contribution is 5.48. The molecule has 0 radical (unpaired) electrons. The fraction of sp³-hybridized carbons (Fsp3) is 0.556. The van der Waals surface area contributed by atoms with E-state index in [1.165, 1.54) is 22.3 Å². The zero-order chi connectivity index (χ0) is 22.4. The summed E-state index contributed by atoms with van der Waals surface area (Å²) in [5.74, 6) is 1.89. The van der Waals surface area contributed by atoms with Gasteiger partial charge < -0.3 is 28.4 Å². The van der Waals surface area contributed by atoms with Gasteiger partial charge in [-0.3, -0.25) is 0 Å². The van der Waals surface area contributed by atoms with Crippen molar-refractivity contribution in [2.75, 3.05) is 39.6 Å². The van der Waals surface area contributed by atoms with Crippen molar-refractivity contribution in [1.82, 2.24) is 0 Å². The van der Waals surface area contributed by atoms with Crippen molar-refractivity contribution in [3.05, 3.63) is 58.7 Å². The highest BCUT2D eigenvalue weighted by Gasteiger charge is 2.31. The second kappa shape index (κ2) is 8.58. The summed E-state index contributed by atoms with van der Waals surface area (Å²) in [4.78, 5) is 0. The molecule has 2 aromatic carbocycles. The molecule has 0 bridgehead atoms.